The number of hydrogen-bond acceptors (Lipinski definition) is 4. The van der Waals surface area contributed by atoms with Crippen molar-refractivity contribution in [1.82, 2.24) is 20.2 Å². The normalized spacial score (nSPS) is 10.5. The number of halogens is 1. The van der Waals surface area contributed by atoms with Crippen LogP contribution in [0.2, 0.25) is 5.02 Å². The van der Waals surface area contributed by atoms with Crippen LogP contribution < -0.4 is 0 Å². The van der Waals surface area contributed by atoms with Gasteiger partial charge in [-0.05, 0) is 34.4 Å². The highest BCUT2D eigenvalue weighted by molar-refractivity contribution is 7.99. The third-order valence-corrected chi connectivity index (χ3v) is 2.80. The zero-order valence-corrected chi connectivity index (χ0v) is 9.66. The number of benzene rings is 1. The molecule has 0 fully saturated rings. The van der Waals surface area contributed by atoms with Crippen LogP contribution in [0.5, 0.6) is 0 Å². The summed E-state index contributed by atoms with van der Waals surface area (Å²) in [4.78, 5) is 0. The second-order valence-electron chi connectivity index (χ2n) is 2.79. The Morgan fingerprint density at radius 2 is 2.33 bits per heavy atom. The van der Waals surface area contributed by atoms with Gasteiger partial charge in [0.05, 0.1) is 5.69 Å². The molecule has 1 aromatic carbocycles. The molecule has 2 rings (SSSR count). The van der Waals surface area contributed by atoms with E-state index in [0.29, 0.717) is 5.02 Å². The van der Waals surface area contributed by atoms with Gasteiger partial charge >= 0.3 is 0 Å². The molecule has 15 heavy (non-hydrogen) atoms. The summed E-state index contributed by atoms with van der Waals surface area (Å²) in [7, 11) is 0. The molecule has 78 valence electrons. The smallest absolute Gasteiger partial charge is 0.187 e. The molecule has 0 amide bonds. The zero-order chi connectivity index (χ0) is 10.7. The molecule has 0 N–H and O–H groups in total. The molecule has 0 unspecified atom stereocenters. The summed E-state index contributed by atoms with van der Waals surface area (Å²) >= 11 is 7.50. The van der Waals surface area contributed by atoms with Gasteiger partial charge in [0.1, 0.15) is 0 Å². The summed E-state index contributed by atoms with van der Waals surface area (Å²) in [6.07, 6.45) is 0. The van der Waals surface area contributed by atoms with E-state index in [1.165, 1.54) is 0 Å². The van der Waals surface area contributed by atoms with E-state index in [1.54, 1.807) is 16.4 Å². The first-order valence-corrected chi connectivity index (χ1v) is 5.84. The summed E-state index contributed by atoms with van der Waals surface area (Å²) in [6.45, 7) is 2.06. The maximum Gasteiger partial charge on any atom is 0.214 e. The highest BCUT2D eigenvalue weighted by Crippen LogP contribution is 2.19. The second-order valence-corrected chi connectivity index (χ2v) is 4.45. The van der Waals surface area contributed by atoms with Crippen molar-refractivity contribution < 1.29 is 0 Å². The molecule has 0 spiro atoms. The summed E-state index contributed by atoms with van der Waals surface area (Å²) in [6, 6.07) is 7.45. The molecule has 6 heteroatoms. The molecule has 0 aliphatic rings. The van der Waals surface area contributed by atoms with E-state index < -0.39 is 0 Å². The van der Waals surface area contributed by atoms with Gasteiger partial charge in [-0.25, -0.2) is 0 Å². The average Bonchev–Trinajstić information content (AvgIpc) is 2.66. The first kappa shape index (κ1) is 10.4. The van der Waals surface area contributed by atoms with Crippen LogP contribution >= 0.6 is 23.4 Å². The Balaban J connectivity index is 2.40. The van der Waals surface area contributed by atoms with E-state index >= 15 is 0 Å². The molecule has 0 bridgehead atoms. The van der Waals surface area contributed by atoms with Gasteiger partial charge < -0.3 is 0 Å². The van der Waals surface area contributed by atoms with Gasteiger partial charge in [0, 0.05) is 5.02 Å². The summed E-state index contributed by atoms with van der Waals surface area (Å²) in [5.41, 5.74) is 0.878. The number of thioether (sulfide) groups is 1. The molecule has 0 radical (unpaired) electrons. The van der Waals surface area contributed by atoms with Crippen LogP contribution in [0.15, 0.2) is 29.4 Å². The molecule has 0 saturated carbocycles. The first-order chi connectivity index (χ1) is 7.31. The maximum atomic E-state index is 5.90. The van der Waals surface area contributed by atoms with E-state index in [2.05, 4.69) is 22.4 Å². The lowest BCUT2D eigenvalue weighted by Crippen LogP contribution is -1.98. The fourth-order valence-electron chi connectivity index (χ4n) is 1.17. The Bertz CT molecular complexity index is 457. The predicted molar refractivity (Wildman–Crippen MR) is 60.6 cm³/mol. The molecule has 0 saturated heterocycles. The summed E-state index contributed by atoms with van der Waals surface area (Å²) in [5, 5.41) is 13.0. The van der Waals surface area contributed by atoms with Crippen molar-refractivity contribution in [2.45, 2.75) is 12.1 Å². The Morgan fingerprint density at radius 1 is 1.47 bits per heavy atom. The molecule has 1 heterocycles. The monoisotopic (exact) mass is 240 g/mol. The Morgan fingerprint density at radius 3 is 3.07 bits per heavy atom. The average molecular weight is 241 g/mol. The molecule has 4 nitrogen and oxygen atoms in total. The molecule has 0 atom stereocenters. The van der Waals surface area contributed by atoms with Crippen molar-refractivity contribution in [2.75, 3.05) is 5.75 Å². The quantitative estimate of drug-likeness (QED) is 0.773. The summed E-state index contributed by atoms with van der Waals surface area (Å²) < 4.78 is 1.68. The van der Waals surface area contributed by atoms with Crippen molar-refractivity contribution in [3.63, 3.8) is 0 Å². The van der Waals surface area contributed by atoms with Gasteiger partial charge in [-0.1, -0.05) is 36.4 Å². The van der Waals surface area contributed by atoms with E-state index in [1.807, 2.05) is 24.3 Å². The van der Waals surface area contributed by atoms with Gasteiger partial charge in [-0.15, -0.1) is 5.10 Å². The van der Waals surface area contributed by atoms with E-state index in [9.17, 15) is 0 Å². The van der Waals surface area contributed by atoms with Crippen LogP contribution in [-0.2, 0) is 0 Å². The number of tetrazole rings is 1. The third kappa shape index (κ3) is 2.30. The Hall–Kier alpha value is -1.07. The lowest BCUT2D eigenvalue weighted by atomic mass is 10.3. The SMILES string of the molecule is CCSc1nnnn1-c1cccc(Cl)c1. The maximum absolute atomic E-state index is 5.90. The molecule has 1 aromatic heterocycles. The fraction of sp³-hybridized carbons (Fsp3) is 0.222. The van der Waals surface area contributed by atoms with E-state index in [4.69, 9.17) is 11.6 Å². The predicted octanol–water partition coefficient (Wildman–Crippen LogP) is 2.43. The zero-order valence-electron chi connectivity index (χ0n) is 8.09. The van der Waals surface area contributed by atoms with Crippen LogP contribution in [0.1, 0.15) is 6.92 Å². The second kappa shape index (κ2) is 4.63. The standard InChI is InChI=1S/C9H9ClN4S/c1-2-15-9-11-12-13-14(9)8-5-3-4-7(10)6-8/h3-6H,2H2,1H3. The van der Waals surface area contributed by atoms with Crippen molar-refractivity contribution >= 4 is 23.4 Å². The minimum atomic E-state index is 0.676. The van der Waals surface area contributed by atoms with Crippen LogP contribution in [0.25, 0.3) is 5.69 Å². The van der Waals surface area contributed by atoms with Gasteiger partial charge in [0.2, 0.25) is 5.16 Å². The van der Waals surface area contributed by atoms with Gasteiger partial charge in [-0.3, -0.25) is 0 Å². The highest BCUT2D eigenvalue weighted by atomic mass is 35.5. The van der Waals surface area contributed by atoms with Crippen LogP contribution in [-0.4, -0.2) is 26.0 Å². The van der Waals surface area contributed by atoms with E-state index in [0.717, 1.165) is 16.6 Å². The van der Waals surface area contributed by atoms with Gasteiger partial charge in [0.25, 0.3) is 0 Å². The Labute approximate surface area is 96.6 Å². The van der Waals surface area contributed by atoms with Crippen molar-refractivity contribution in [1.29, 1.82) is 0 Å². The lowest BCUT2D eigenvalue weighted by molar-refractivity contribution is 0.756. The lowest BCUT2D eigenvalue weighted by Gasteiger charge is -2.02. The van der Waals surface area contributed by atoms with Crippen LogP contribution in [0.3, 0.4) is 0 Å². The largest absolute Gasteiger partial charge is 0.214 e. The van der Waals surface area contributed by atoms with E-state index in [-0.39, 0.29) is 0 Å². The third-order valence-electron chi connectivity index (χ3n) is 1.77. The van der Waals surface area contributed by atoms with Crippen LogP contribution in [0, 0.1) is 0 Å². The fourth-order valence-corrected chi connectivity index (χ4v) is 1.97. The topological polar surface area (TPSA) is 43.6 Å². The minimum Gasteiger partial charge on any atom is -0.187 e. The number of rotatable bonds is 3. The van der Waals surface area contributed by atoms with Crippen LogP contribution in [0.4, 0.5) is 0 Å². The molecule has 0 aliphatic heterocycles. The van der Waals surface area contributed by atoms with Crippen molar-refractivity contribution in [3.05, 3.63) is 29.3 Å². The highest BCUT2D eigenvalue weighted by Gasteiger charge is 2.07. The molecular formula is C9H9ClN4S. The summed E-state index contributed by atoms with van der Waals surface area (Å²) in [5.74, 6) is 0.931. The first-order valence-electron chi connectivity index (χ1n) is 4.48. The number of nitrogens with zero attached hydrogens (tertiary/aromatic N) is 4. The minimum absolute atomic E-state index is 0.676. The number of aromatic nitrogens is 4. The molecule has 2 aromatic rings. The Kier molecular flexibility index (Phi) is 3.23. The van der Waals surface area contributed by atoms with Crippen molar-refractivity contribution in [3.8, 4) is 5.69 Å². The van der Waals surface area contributed by atoms with Crippen molar-refractivity contribution in [2.24, 2.45) is 0 Å². The molecule has 0 aliphatic carbocycles. The van der Waals surface area contributed by atoms with Gasteiger partial charge in [-0.2, -0.15) is 4.68 Å². The number of hydrogen-bond donors (Lipinski definition) is 0. The molecular weight excluding hydrogens is 232 g/mol. The van der Waals surface area contributed by atoms with Gasteiger partial charge in [0.15, 0.2) is 0 Å².